The van der Waals surface area contributed by atoms with Gasteiger partial charge in [-0.3, -0.25) is 9.69 Å². The van der Waals surface area contributed by atoms with Crippen molar-refractivity contribution in [2.24, 2.45) is 5.92 Å². The third-order valence-electron chi connectivity index (χ3n) is 4.87. The zero-order valence-corrected chi connectivity index (χ0v) is 13.2. The van der Waals surface area contributed by atoms with Crippen LogP contribution in [0.3, 0.4) is 0 Å². The first kappa shape index (κ1) is 14.0. The van der Waals surface area contributed by atoms with Gasteiger partial charge in [-0.15, -0.1) is 0 Å². The van der Waals surface area contributed by atoms with E-state index in [1.165, 1.54) is 17.7 Å². The summed E-state index contributed by atoms with van der Waals surface area (Å²) in [4.78, 5) is 14.6. The number of benzene rings is 1. The smallest absolute Gasteiger partial charge is 0.250 e. The average Bonchev–Trinajstić information content (AvgIpc) is 2.51. The number of halogens is 1. The normalized spacial score (nSPS) is 24.0. The van der Waals surface area contributed by atoms with Crippen LogP contribution in [0.25, 0.3) is 0 Å². The summed E-state index contributed by atoms with van der Waals surface area (Å²) in [5.74, 6) is 1.06. The molecule has 0 radical (unpaired) electrons. The molecule has 2 bridgehead atoms. The van der Waals surface area contributed by atoms with Gasteiger partial charge >= 0.3 is 0 Å². The van der Waals surface area contributed by atoms with E-state index in [-0.39, 0.29) is 5.56 Å². The highest BCUT2D eigenvalue weighted by atomic mass is 35.5. The van der Waals surface area contributed by atoms with Crippen molar-refractivity contribution < 1.29 is 0 Å². The Morgan fingerprint density at radius 1 is 1.05 bits per heavy atom. The molecular formula is C18H19ClN2O. The van der Waals surface area contributed by atoms with Gasteiger partial charge in [0.15, 0.2) is 0 Å². The lowest BCUT2D eigenvalue weighted by Crippen LogP contribution is -2.46. The number of hydrogen-bond acceptors (Lipinski definition) is 2. The Hall–Kier alpha value is -1.58. The number of fused-ring (bicyclic) bond motifs is 4. The van der Waals surface area contributed by atoms with Crippen LogP contribution in [-0.2, 0) is 13.1 Å². The highest BCUT2D eigenvalue weighted by molar-refractivity contribution is 6.30. The molecule has 2 aromatic rings. The van der Waals surface area contributed by atoms with E-state index in [1.807, 2.05) is 22.8 Å². The molecule has 2 atom stereocenters. The first-order chi connectivity index (χ1) is 10.7. The lowest BCUT2D eigenvalue weighted by molar-refractivity contribution is 0.114. The molecule has 3 nitrogen and oxygen atoms in total. The molecule has 0 N–H and O–H groups in total. The van der Waals surface area contributed by atoms with Crippen LogP contribution in [0.4, 0.5) is 0 Å². The van der Waals surface area contributed by atoms with Gasteiger partial charge in [0.2, 0.25) is 0 Å². The molecule has 2 aliphatic rings. The van der Waals surface area contributed by atoms with Crippen LogP contribution in [0.2, 0.25) is 5.02 Å². The quantitative estimate of drug-likeness (QED) is 0.851. The third kappa shape index (κ3) is 2.59. The highest BCUT2D eigenvalue weighted by Crippen LogP contribution is 2.35. The van der Waals surface area contributed by atoms with Crippen molar-refractivity contribution in [3.8, 4) is 0 Å². The Labute approximate surface area is 135 Å². The van der Waals surface area contributed by atoms with Crippen LogP contribution in [-0.4, -0.2) is 22.6 Å². The largest absolute Gasteiger partial charge is 0.312 e. The van der Waals surface area contributed by atoms with Gasteiger partial charge in [0.05, 0.1) is 0 Å². The Kier molecular flexibility index (Phi) is 3.55. The second-order valence-corrected chi connectivity index (χ2v) is 6.96. The van der Waals surface area contributed by atoms with Gasteiger partial charge in [-0.05, 0) is 36.1 Å². The molecule has 4 rings (SSSR count). The van der Waals surface area contributed by atoms with Gasteiger partial charge in [-0.2, -0.15) is 0 Å². The molecule has 114 valence electrons. The molecule has 0 unspecified atom stereocenters. The minimum atomic E-state index is 0.151. The van der Waals surface area contributed by atoms with E-state index in [4.69, 9.17) is 11.6 Å². The van der Waals surface area contributed by atoms with Gasteiger partial charge in [-0.1, -0.05) is 29.8 Å². The van der Waals surface area contributed by atoms with Gasteiger partial charge in [0, 0.05) is 48.9 Å². The summed E-state index contributed by atoms with van der Waals surface area (Å²) in [6, 6.07) is 13.8. The van der Waals surface area contributed by atoms with Crippen molar-refractivity contribution in [2.45, 2.75) is 25.4 Å². The van der Waals surface area contributed by atoms with Crippen LogP contribution < -0.4 is 5.56 Å². The predicted molar refractivity (Wildman–Crippen MR) is 88.3 cm³/mol. The topological polar surface area (TPSA) is 25.2 Å². The van der Waals surface area contributed by atoms with Gasteiger partial charge < -0.3 is 4.57 Å². The van der Waals surface area contributed by atoms with E-state index < -0.39 is 0 Å². The fraction of sp³-hybridized carbons (Fsp3) is 0.389. The summed E-state index contributed by atoms with van der Waals surface area (Å²) in [5, 5.41) is 0.785. The second kappa shape index (κ2) is 5.56. The van der Waals surface area contributed by atoms with Crippen molar-refractivity contribution >= 4 is 11.6 Å². The second-order valence-electron chi connectivity index (χ2n) is 6.52. The van der Waals surface area contributed by atoms with Gasteiger partial charge in [0.1, 0.15) is 0 Å². The standard InChI is InChI=1S/C18H19ClN2O/c19-16-6-4-13(5-7-16)9-20-10-14-8-15(12-20)17-2-1-3-18(22)21(17)11-14/h1-7,14-15H,8-12H2/t14-,15+/m1/s1. The molecular weight excluding hydrogens is 296 g/mol. The molecule has 3 heterocycles. The fourth-order valence-electron chi connectivity index (χ4n) is 3.97. The molecule has 0 spiro atoms. The Morgan fingerprint density at radius 2 is 1.86 bits per heavy atom. The Morgan fingerprint density at radius 3 is 2.68 bits per heavy atom. The average molecular weight is 315 g/mol. The van der Waals surface area contributed by atoms with E-state index in [9.17, 15) is 4.79 Å². The number of aromatic nitrogens is 1. The summed E-state index contributed by atoms with van der Waals surface area (Å²) < 4.78 is 1.98. The monoisotopic (exact) mass is 314 g/mol. The van der Waals surface area contributed by atoms with Crippen LogP contribution in [0.15, 0.2) is 47.3 Å². The SMILES string of the molecule is O=c1cccc2n1C[C@@H]1C[C@H]2CN(Cc2ccc(Cl)cc2)C1. The van der Waals surface area contributed by atoms with Crippen LogP contribution >= 0.6 is 11.6 Å². The Balaban J connectivity index is 1.56. The predicted octanol–water partition coefficient (Wildman–Crippen LogP) is 3.12. The number of nitrogens with zero attached hydrogens (tertiary/aromatic N) is 2. The molecule has 1 aromatic carbocycles. The van der Waals surface area contributed by atoms with E-state index in [0.717, 1.165) is 31.2 Å². The number of likely N-dealkylation sites (tertiary alicyclic amines) is 1. The Bertz CT molecular complexity index is 737. The zero-order chi connectivity index (χ0) is 15.1. The summed E-state index contributed by atoms with van der Waals surface area (Å²) in [6.45, 7) is 3.92. The van der Waals surface area contributed by atoms with Crippen molar-refractivity contribution in [3.05, 3.63) is 69.1 Å². The van der Waals surface area contributed by atoms with Crippen molar-refractivity contribution in [1.82, 2.24) is 9.47 Å². The molecule has 1 fully saturated rings. The maximum Gasteiger partial charge on any atom is 0.250 e. The lowest BCUT2D eigenvalue weighted by Gasteiger charge is -2.42. The van der Waals surface area contributed by atoms with E-state index >= 15 is 0 Å². The third-order valence-corrected chi connectivity index (χ3v) is 5.13. The fourth-order valence-corrected chi connectivity index (χ4v) is 4.10. The zero-order valence-electron chi connectivity index (χ0n) is 12.4. The summed E-state index contributed by atoms with van der Waals surface area (Å²) in [6.07, 6.45) is 1.21. The molecule has 1 aromatic heterocycles. The number of pyridine rings is 1. The molecule has 22 heavy (non-hydrogen) atoms. The van der Waals surface area contributed by atoms with Crippen LogP contribution in [0, 0.1) is 5.92 Å². The van der Waals surface area contributed by atoms with Crippen molar-refractivity contribution in [2.75, 3.05) is 13.1 Å². The van der Waals surface area contributed by atoms with Crippen LogP contribution in [0.5, 0.6) is 0 Å². The van der Waals surface area contributed by atoms with Gasteiger partial charge in [0.25, 0.3) is 5.56 Å². The van der Waals surface area contributed by atoms with E-state index in [0.29, 0.717) is 11.8 Å². The first-order valence-corrected chi connectivity index (χ1v) is 8.23. The molecule has 1 saturated heterocycles. The van der Waals surface area contributed by atoms with E-state index in [2.05, 4.69) is 23.1 Å². The van der Waals surface area contributed by atoms with Crippen LogP contribution in [0.1, 0.15) is 23.6 Å². The summed E-state index contributed by atoms with van der Waals surface area (Å²) in [5.41, 5.74) is 2.66. The minimum Gasteiger partial charge on any atom is -0.312 e. The first-order valence-electron chi connectivity index (χ1n) is 7.85. The maximum atomic E-state index is 12.0. The van der Waals surface area contributed by atoms with E-state index in [1.54, 1.807) is 6.07 Å². The lowest BCUT2D eigenvalue weighted by atomic mass is 9.83. The molecule has 0 aliphatic carbocycles. The van der Waals surface area contributed by atoms with Crippen molar-refractivity contribution in [3.63, 3.8) is 0 Å². The maximum absolute atomic E-state index is 12.0. The highest BCUT2D eigenvalue weighted by Gasteiger charge is 2.34. The number of piperidine rings is 1. The minimum absolute atomic E-state index is 0.151. The molecule has 0 saturated carbocycles. The number of hydrogen-bond donors (Lipinski definition) is 0. The summed E-state index contributed by atoms with van der Waals surface area (Å²) in [7, 11) is 0. The number of rotatable bonds is 2. The molecule has 0 amide bonds. The molecule has 4 heteroatoms. The molecule has 2 aliphatic heterocycles. The van der Waals surface area contributed by atoms with Gasteiger partial charge in [-0.25, -0.2) is 0 Å². The van der Waals surface area contributed by atoms with Crippen molar-refractivity contribution in [1.29, 1.82) is 0 Å². The summed E-state index contributed by atoms with van der Waals surface area (Å²) >= 11 is 5.96.